The maximum Gasteiger partial charge on any atom is 0.224 e. The topological polar surface area (TPSA) is 46.3 Å². The normalized spacial score (nSPS) is 23.9. The first-order chi connectivity index (χ1) is 9.09. The van der Waals surface area contributed by atoms with Gasteiger partial charge in [0.05, 0.1) is 0 Å². The minimum Gasteiger partial charge on any atom is -0.337 e. The van der Waals surface area contributed by atoms with Crippen molar-refractivity contribution >= 4 is 18.3 Å². The zero-order chi connectivity index (χ0) is 13.8. The lowest BCUT2D eigenvalue weighted by molar-refractivity contribution is -0.137. The Morgan fingerprint density at radius 2 is 1.80 bits per heavy atom. The van der Waals surface area contributed by atoms with E-state index < -0.39 is 0 Å². The van der Waals surface area contributed by atoms with E-state index in [1.807, 2.05) is 35.2 Å². The molecule has 112 valence electrons. The van der Waals surface area contributed by atoms with E-state index in [2.05, 4.69) is 13.8 Å². The van der Waals surface area contributed by atoms with Crippen LogP contribution in [0.5, 0.6) is 0 Å². The highest BCUT2D eigenvalue weighted by Gasteiger charge is 2.29. The van der Waals surface area contributed by atoms with Crippen LogP contribution in [-0.4, -0.2) is 22.9 Å². The largest absolute Gasteiger partial charge is 0.337 e. The van der Waals surface area contributed by atoms with Crippen LogP contribution in [-0.2, 0) is 4.79 Å². The predicted octanol–water partition coefficient (Wildman–Crippen LogP) is 3.29. The summed E-state index contributed by atoms with van der Waals surface area (Å²) in [5.41, 5.74) is 7.18. The summed E-state index contributed by atoms with van der Waals surface area (Å²) in [5, 5.41) is 0. The lowest BCUT2D eigenvalue weighted by atomic mass is 9.95. The fraction of sp³-hybridized carbons (Fsp3) is 0.562. The Morgan fingerprint density at radius 3 is 2.35 bits per heavy atom. The van der Waals surface area contributed by atoms with Gasteiger partial charge in [0.2, 0.25) is 5.91 Å². The van der Waals surface area contributed by atoms with Crippen LogP contribution in [0.2, 0.25) is 0 Å². The number of rotatable bonds is 3. The van der Waals surface area contributed by atoms with E-state index in [1.54, 1.807) is 0 Å². The second-order valence-corrected chi connectivity index (χ2v) is 5.65. The molecule has 1 aromatic carbocycles. The Bertz CT molecular complexity index is 414. The maximum absolute atomic E-state index is 12.4. The zero-order valence-corrected chi connectivity index (χ0v) is 13.1. The first-order valence-corrected chi connectivity index (χ1v) is 7.21. The fourth-order valence-corrected chi connectivity index (χ4v) is 3.02. The Labute approximate surface area is 127 Å². The monoisotopic (exact) mass is 296 g/mol. The molecule has 3 nitrogen and oxygen atoms in total. The van der Waals surface area contributed by atoms with E-state index in [0.29, 0.717) is 18.5 Å². The number of hydrogen-bond donors (Lipinski definition) is 1. The first kappa shape index (κ1) is 17.0. The van der Waals surface area contributed by atoms with E-state index in [0.717, 1.165) is 18.4 Å². The average Bonchev–Trinajstić information content (AvgIpc) is 2.39. The molecule has 0 aromatic heterocycles. The number of carbonyl (C=O) groups is 1. The van der Waals surface area contributed by atoms with Crippen LogP contribution in [0.3, 0.4) is 0 Å². The molecule has 4 heteroatoms. The molecule has 0 bridgehead atoms. The second kappa shape index (κ2) is 7.65. The van der Waals surface area contributed by atoms with Gasteiger partial charge >= 0.3 is 0 Å². The van der Waals surface area contributed by atoms with Gasteiger partial charge < -0.3 is 10.6 Å². The first-order valence-electron chi connectivity index (χ1n) is 7.21. The van der Waals surface area contributed by atoms with E-state index in [4.69, 9.17) is 5.73 Å². The molecule has 3 unspecified atom stereocenters. The molecule has 1 aromatic rings. The Hall–Kier alpha value is -1.06. The van der Waals surface area contributed by atoms with Gasteiger partial charge in [-0.25, -0.2) is 0 Å². The molecule has 0 aliphatic carbocycles. The summed E-state index contributed by atoms with van der Waals surface area (Å²) < 4.78 is 0. The van der Waals surface area contributed by atoms with Crippen LogP contribution < -0.4 is 5.73 Å². The highest BCUT2D eigenvalue weighted by molar-refractivity contribution is 5.85. The van der Waals surface area contributed by atoms with Crippen molar-refractivity contribution in [3.8, 4) is 0 Å². The van der Waals surface area contributed by atoms with Gasteiger partial charge in [0.1, 0.15) is 0 Å². The van der Waals surface area contributed by atoms with Crippen LogP contribution in [0.25, 0.3) is 0 Å². The highest BCUT2D eigenvalue weighted by Crippen LogP contribution is 2.25. The number of benzene rings is 1. The molecule has 0 saturated carbocycles. The standard InChI is InChI=1S/C16H24N2O.ClH/c1-12-7-6-8-13(2)18(12)16(19)11-15(17)14-9-4-3-5-10-14;/h3-5,9-10,12-13,15H,6-8,11,17H2,1-2H3;1H. The number of nitrogens with two attached hydrogens (primary N) is 1. The Kier molecular flexibility index (Phi) is 6.50. The van der Waals surface area contributed by atoms with Crippen molar-refractivity contribution in [2.24, 2.45) is 5.73 Å². The number of carbonyl (C=O) groups excluding carboxylic acids is 1. The van der Waals surface area contributed by atoms with Gasteiger partial charge in [-0.15, -0.1) is 12.4 Å². The van der Waals surface area contributed by atoms with E-state index in [9.17, 15) is 4.79 Å². The molecule has 0 radical (unpaired) electrons. The molecule has 2 N–H and O–H groups in total. The van der Waals surface area contributed by atoms with Crippen molar-refractivity contribution in [2.45, 2.75) is 57.7 Å². The molecule has 1 fully saturated rings. The lowest BCUT2D eigenvalue weighted by Crippen LogP contribution is -2.48. The van der Waals surface area contributed by atoms with Crippen molar-refractivity contribution in [3.63, 3.8) is 0 Å². The SMILES string of the molecule is CC1CCCC(C)N1C(=O)CC(N)c1ccccc1.Cl. The summed E-state index contributed by atoms with van der Waals surface area (Å²) in [6.45, 7) is 4.28. The number of nitrogens with zero attached hydrogens (tertiary/aromatic N) is 1. The van der Waals surface area contributed by atoms with Crippen molar-refractivity contribution in [1.82, 2.24) is 4.90 Å². The smallest absolute Gasteiger partial charge is 0.224 e. The Balaban J connectivity index is 0.00000200. The molecule has 20 heavy (non-hydrogen) atoms. The number of amides is 1. The van der Waals surface area contributed by atoms with Crippen LogP contribution in [0.4, 0.5) is 0 Å². The van der Waals surface area contributed by atoms with Gasteiger partial charge in [-0.05, 0) is 38.7 Å². The van der Waals surface area contributed by atoms with Gasteiger partial charge in [-0.3, -0.25) is 4.79 Å². The van der Waals surface area contributed by atoms with E-state index in [-0.39, 0.29) is 24.4 Å². The van der Waals surface area contributed by atoms with Crippen molar-refractivity contribution < 1.29 is 4.79 Å². The van der Waals surface area contributed by atoms with Gasteiger partial charge in [-0.2, -0.15) is 0 Å². The Morgan fingerprint density at radius 1 is 1.25 bits per heavy atom. The summed E-state index contributed by atoms with van der Waals surface area (Å²) >= 11 is 0. The molecule has 1 amide bonds. The number of hydrogen-bond acceptors (Lipinski definition) is 2. The van der Waals surface area contributed by atoms with Crippen molar-refractivity contribution in [1.29, 1.82) is 0 Å². The van der Waals surface area contributed by atoms with Crippen LogP contribution in [0.15, 0.2) is 30.3 Å². The number of halogens is 1. The third kappa shape index (κ3) is 3.97. The summed E-state index contributed by atoms with van der Waals surface area (Å²) in [4.78, 5) is 14.5. The van der Waals surface area contributed by atoms with Gasteiger partial charge in [-0.1, -0.05) is 30.3 Å². The third-order valence-corrected chi connectivity index (χ3v) is 4.10. The molecular formula is C16H25ClN2O. The van der Waals surface area contributed by atoms with Gasteiger partial charge in [0, 0.05) is 24.5 Å². The molecular weight excluding hydrogens is 272 g/mol. The minimum atomic E-state index is -0.199. The molecule has 2 rings (SSSR count). The summed E-state index contributed by atoms with van der Waals surface area (Å²) in [5.74, 6) is 0.191. The molecule has 1 heterocycles. The summed E-state index contributed by atoms with van der Waals surface area (Å²) in [7, 11) is 0. The lowest BCUT2D eigenvalue weighted by Gasteiger charge is -2.39. The predicted molar refractivity (Wildman–Crippen MR) is 84.9 cm³/mol. The average molecular weight is 297 g/mol. The molecule has 3 atom stereocenters. The number of piperidine rings is 1. The fourth-order valence-electron chi connectivity index (χ4n) is 3.02. The van der Waals surface area contributed by atoms with E-state index >= 15 is 0 Å². The molecule has 1 aliphatic rings. The number of likely N-dealkylation sites (tertiary alicyclic amines) is 1. The van der Waals surface area contributed by atoms with Gasteiger partial charge in [0.25, 0.3) is 0 Å². The molecule has 1 aliphatic heterocycles. The van der Waals surface area contributed by atoms with E-state index in [1.165, 1.54) is 6.42 Å². The minimum absolute atomic E-state index is 0. The van der Waals surface area contributed by atoms with Crippen LogP contribution in [0.1, 0.15) is 51.1 Å². The molecule has 0 spiro atoms. The summed E-state index contributed by atoms with van der Waals surface area (Å²) in [6.07, 6.45) is 3.84. The van der Waals surface area contributed by atoms with Crippen LogP contribution in [0, 0.1) is 0 Å². The van der Waals surface area contributed by atoms with Gasteiger partial charge in [0.15, 0.2) is 0 Å². The van der Waals surface area contributed by atoms with Crippen molar-refractivity contribution in [3.05, 3.63) is 35.9 Å². The van der Waals surface area contributed by atoms with Crippen molar-refractivity contribution in [2.75, 3.05) is 0 Å². The highest BCUT2D eigenvalue weighted by atomic mass is 35.5. The second-order valence-electron chi connectivity index (χ2n) is 5.65. The van der Waals surface area contributed by atoms with Crippen LogP contribution >= 0.6 is 12.4 Å². The maximum atomic E-state index is 12.4. The summed E-state index contributed by atoms with van der Waals surface area (Å²) in [6, 6.07) is 10.4. The quantitative estimate of drug-likeness (QED) is 0.930. The zero-order valence-electron chi connectivity index (χ0n) is 12.3. The third-order valence-electron chi connectivity index (χ3n) is 4.10. The molecule has 1 saturated heterocycles.